The molecule has 0 spiro atoms. The zero-order valence-corrected chi connectivity index (χ0v) is 11.6. The van der Waals surface area contributed by atoms with Crippen LogP contribution in [0.1, 0.15) is 12.6 Å². The van der Waals surface area contributed by atoms with Crippen LogP contribution in [0.5, 0.6) is 0 Å². The van der Waals surface area contributed by atoms with Gasteiger partial charge in [-0.25, -0.2) is 0 Å². The quantitative estimate of drug-likeness (QED) is 0.542. The molecule has 0 amide bonds. The summed E-state index contributed by atoms with van der Waals surface area (Å²) in [5, 5.41) is 0. The molecule has 0 aliphatic carbocycles. The number of nitrogens with zero attached hydrogens (tertiary/aromatic N) is 1. The first-order valence-electron chi connectivity index (χ1n) is 6.29. The Morgan fingerprint density at radius 1 is 0.842 bits per heavy atom. The fourth-order valence-electron chi connectivity index (χ4n) is 2.05. The maximum atomic E-state index is 3.84. The molecule has 0 atom stereocenters. The van der Waals surface area contributed by atoms with Crippen molar-refractivity contribution < 1.29 is 20.3 Å². The standard InChI is InChI=1S/C17H19N.Li.H/c1-2-13-18(14-16-9-5-3-6-10-16)15-17-11-7-4-8-12-17;;/h2-12H,1,13-15H2;;/q;+1;-1. The second-order valence-electron chi connectivity index (χ2n) is 4.43. The van der Waals surface area contributed by atoms with E-state index in [9.17, 15) is 0 Å². The largest absolute Gasteiger partial charge is 1.00 e. The molecule has 0 heterocycles. The van der Waals surface area contributed by atoms with E-state index >= 15 is 0 Å². The summed E-state index contributed by atoms with van der Waals surface area (Å²) in [5.74, 6) is 0. The molecule has 2 rings (SSSR count). The van der Waals surface area contributed by atoms with E-state index in [-0.39, 0.29) is 20.3 Å². The third kappa shape index (κ3) is 5.49. The first-order valence-corrected chi connectivity index (χ1v) is 6.29. The van der Waals surface area contributed by atoms with Gasteiger partial charge in [-0.15, -0.1) is 6.58 Å². The fraction of sp³-hybridized carbons (Fsp3) is 0.176. The summed E-state index contributed by atoms with van der Waals surface area (Å²) in [4.78, 5) is 2.39. The van der Waals surface area contributed by atoms with Gasteiger partial charge in [0.2, 0.25) is 0 Å². The molecule has 1 nitrogen and oxygen atoms in total. The van der Waals surface area contributed by atoms with E-state index < -0.39 is 0 Å². The minimum absolute atomic E-state index is 0. The summed E-state index contributed by atoms with van der Waals surface area (Å²) >= 11 is 0. The van der Waals surface area contributed by atoms with Gasteiger partial charge in [0.25, 0.3) is 0 Å². The first kappa shape index (κ1) is 15.8. The van der Waals surface area contributed by atoms with Crippen molar-refractivity contribution in [3.63, 3.8) is 0 Å². The van der Waals surface area contributed by atoms with E-state index in [0.717, 1.165) is 19.6 Å². The zero-order chi connectivity index (χ0) is 12.6. The molecule has 2 aromatic rings. The van der Waals surface area contributed by atoms with Gasteiger partial charge in [0.15, 0.2) is 0 Å². The average Bonchev–Trinajstić information content (AvgIpc) is 2.41. The maximum Gasteiger partial charge on any atom is 1.00 e. The smallest absolute Gasteiger partial charge is 1.00 e. The molecule has 0 aliphatic heterocycles. The number of benzene rings is 2. The predicted molar refractivity (Wildman–Crippen MR) is 78.3 cm³/mol. The van der Waals surface area contributed by atoms with Crippen molar-refractivity contribution in [2.75, 3.05) is 6.54 Å². The van der Waals surface area contributed by atoms with E-state index in [1.165, 1.54) is 11.1 Å². The molecule has 0 aliphatic rings. The molecule has 0 saturated carbocycles. The molecule has 0 aromatic heterocycles. The molecule has 94 valence electrons. The summed E-state index contributed by atoms with van der Waals surface area (Å²) in [6.07, 6.45) is 1.96. The predicted octanol–water partition coefficient (Wildman–Crippen LogP) is 0.991. The first-order chi connectivity index (χ1) is 8.88. The molecule has 0 saturated heterocycles. The Morgan fingerprint density at radius 3 is 1.63 bits per heavy atom. The van der Waals surface area contributed by atoms with Gasteiger partial charge in [0, 0.05) is 19.6 Å². The van der Waals surface area contributed by atoms with Crippen LogP contribution in [0.2, 0.25) is 0 Å². The van der Waals surface area contributed by atoms with Crippen LogP contribution in [-0.4, -0.2) is 11.4 Å². The van der Waals surface area contributed by atoms with Crippen molar-refractivity contribution in [3.05, 3.63) is 84.4 Å². The Morgan fingerprint density at radius 2 is 1.26 bits per heavy atom. The monoisotopic (exact) mass is 245 g/mol. The Labute approximate surface area is 129 Å². The van der Waals surface area contributed by atoms with E-state index in [4.69, 9.17) is 0 Å². The number of hydrogen-bond donors (Lipinski definition) is 0. The fourth-order valence-corrected chi connectivity index (χ4v) is 2.05. The molecule has 19 heavy (non-hydrogen) atoms. The van der Waals surface area contributed by atoms with Crippen LogP contribution in [0.3, 0.4) is 0 Å². The van der Waals surface area contributed by atoms with E-state index in [2.05, 4.69) is 72.1 Å². The average molecular weight is 245 g/mol. The third-order valence-corrected chi connectivity index (χ3v) is 2.89. The third-order valence-electron chi connectivity index (χ3n) is 2.89. The van der Waals surface area contributed by atoms with Gasteiger partial charge in [-0.2, -0.15) is 0 Å². The molecule has 0 unspecified atom stereocenters. The van der Waals surface area contributed by atoms with Crippen LogP contribution in [0.25, 0.3) is 0 Å². The van der Waals surface area contributed by atoms with Crippen molar-refractivity contribution in [3.8, 4) is 0 Å². The van der Waals surface area contributed by atoms with Crippen molar-refractivity contribution in [2.24, 2.45) is 0 Å². The van der Waals surface area contributed by atoms with Crippen LogP contribution in [-0.2, 0) is 13.1 Å². The molecule has 0 bridgehead atoms. The summed E-state index contributed by atoms with van der Waals surface area (Å²) in [5.41, 5.74) is 2.69. The molecule has 0 N–H and O–H groups in total. The van der Waals surface area contributed by atoms with Gasteiger partial charge in [0.05, 0.1) is 0 Å². The second kappa shape index (κ2) is 8.77. The van der Waals surface area contributed by atoms with Gasteiger partial charge in [-0.3, -0.25) is 4.90 Å². The van der Waals surface area contributed by atoms with Crippen LogP contribution < -0.4 is 18.9 Å². The van der Waals surface area contributed by atoms with Gasteiger partial charge in [0.1, 0.15) is 0 Å². The SMILES string of the molecule is C=CCN(Cc1ccccc1)Cc1ccccc1.[H-].[Li+]. The van der Waals surface area contributed by atoms with E-state index in [1.54, 1.807) is 0 Å². The number of rotatable bonds is 6. The van der Waals surface area contributed by atoms with Gasteiger partial charge < -0.3 is 1.43 Å². The summed E-state index contributed by atoms with van der Waals surface area (Å²) < 4.78 is 0. The minimum Gasteiger partial charge on any atom is -1.00 e. The van der Waals surface area contributed by atoms with Gasteiger partial charge >= 0.3 is 18.9 Å². The van der Waals surface area contributed by atoms with E-state index in [1.807, 2.05) is 6.08 Å². The summed E-state index contributed by atoms with van der Waals surface area (Å²) in [7, 11) is 0. The van der Waals surface area contributed by atoms with Gasteiger partial charge in [-0.05, 0) is 11.1 Å². The molecular formula is C17H20LiN. The normalized spacial score (nSPS) is 9.95. The zero-order valence-electron chi connectivity index (χ0n) is 12.6. The summed E-state index contributed by atoms with van der Waals surface area (Å²) in [6, 6.07) is 21.1. The van der Waals surface area contributed by atoms with Crippen LogP contribution in [0.4, 0.5) is 0 Å². The molecule has 0 fully saturated rings. The van der Waals surface area contributed by atoms with Crippen LogP contribution >= 0.6 is 0 Å². The number of hydrogen-bond acceptors (Lipinski definition) is 1. The Kier molecular flexibility index (Phi) is 7.29. The van der Waals surface area contributed by atoms with Crippen LogP contribution in [0.15, 0.2) is 73.3 Å². The second-order valence-corrected chi connectivity index (χ2v) is 4.43. The Balaban J connectivity index is 0.00000180. The Hall–Kier alpha value is -1.26. The molecule has 2 aromatic carbocycles. The minimum atomic E-state index is 0. The van der Waals surface area contributed by atoms with Crippen LogP contribution in [0, 0.1) is 0 Å². The molecule has 0 radical (unpaired) electrons. The van der Waals surface area contributed by atoms with E-state index in [0.29, 0.717) is 0 Å². The van der Waals surface area contributed by atoms with Crippen molar-refractivity contribution >= 4 is 0 Å². The summed E-state index contributed by atoms with van der Waals surface area (Å²) in [6.45, 7) is 6.67. The van der Waals surface area contributed by atoms with Gasteiger partial charge in [-0.1, -0.05) is 66.7 Å². The van der Waals surface area contributed by atoms with Crippen molar-refractivity contribution in [1.29, 1.82) is 0 Å². The molecule has 2 heteroatoms. The Bertz CT molecular complexity index is 431. The van der Waals surface area contributed by atoms with Crippen molar-refractivity contribution in [2.45, 2.75) is 13.1 Å². The maximum absolute atomic E-state index is 3.84. The molecular weight excluding hydrogens is 225 g/mol. The van der Waals surface area contributed by atoms with Crippen molar-refractivity contribution in [1.82, 2.24) is 4.90 Å². The topological polar surface area (TPSA) is 3.24 Å².